The Morgan fingerprint density at radius 3 is 2.71 bits per heavy atom. The van der Waals surface area contributed by atoms with Gasteiger partial charge in [0.15, 0.2) is 0 Å². The van der Waals surface area contributed by atoms with Crippen molar-refractivity contribution in [3.05, 3.63) is 89.0 Å². The van der Waals surface area contributed by atoms with Crippen LogP contribution in [0.1, 0.15) is 45.7 Å². The highest BCUT2D eigenvalue weighted by atomic mass is 16.4. The predicted octanol–water partition coefficient (Wildman–Crippen LogP) is 4.85. The lowest BCUT2D eigenvalue weighted by atomic mass is 9.99. The molecule has 0 spiro atoms. The highest BCUT2D eigenvalue weighted by Gasteiger charge is 2.28. The van der Waals surface area contributed by atoms with Gasteiger partial charge in [-0.25, -0.2) is 9.48 Å². The van der Waals surface area contributed by atoms with E-state index in [4.69, 9.17) is 0 Å². The van der Waals surface area contributed by atoms with Gasteiger partial charge in [-0.3, -0.25) is 9.59 Å². The van der Waals surface area contributed by atoms with E-state index >= 15 is 0 Å². The Labute approximate surface area is 236 Å². The molecule has 4 heterocycles. The van der Waals surface area contributed by atoms with Crippen molar-refractivity contribution in [3.8, 4) is 16.8 Å². The molecular formula is C31H30N6O4. The highest BCUT2D eigenvalue weighted by molar-refractivity contribution is 6.35. The first-order chi connectivity index (χ1) is 19.8. The van der Waals surface area contributed by atoms with E-state index in [0.29, 0.717) is 35.5 Å². The van der Waals surface area contributed by atoms with Gasteiger partial charge in [0.05, 0.1) is 23.0 Å². The quantitative estimate of drug-likeness (QED) is 0.264. The third kappa shape index (κ3) is 5.00. The van der Waals surface area contributed by atoms with E-state index in [-0.39, 0.29) is 24.4 Å². The largest absolute Gasteiger partial charge is 0.465 e. The van der Waals surface area contributed by atoms with Crippen molar-refractivity contribution < 1.29 is 19.5 Å². The number of anilines is 1. The second kappa shape index (κ2) is 10.5. The number of rotatable bonds is 5. The lowest BCUT2D eigenvalue weighted by molar-refractivity contribution is -0.110. The zero-order valence-electron chi connectivity index (χ0n) is 22.8. The lowest BCUT2D eigenvalue weighted by Crippen LogP contribution is -2.49. The number of carboxylic acid groups (broad SMARTS) is 1. The molecule has 2 aromatic heterocycles. The van der Waals surface area contributed by atoms with Crippen LogP contribution in [0.4, 0.5) is 10.5 Å². The van der Waals surface area contributed by atoms with Crippen LogP contribution in [0, 0.1) is 13.8 Å². The van der Waals surface area contributed by atoms with Gasteiger partial charge < -0.3 is 25.6 Å². The molecule has 1 saturated heterocycles. The van der Waals surface area contributed by atoms with Gasteiger partial charge in [-0.05, 0) is 68.2 Å². The zero-order valence-corrected chi connectivity index (χ0v) is 22.8. The van der Waals surface area contributed by atoms with Crippen LogP contribution in [0.5, 0.6) is 0 Å². The van der Waals surface area contributed by atoms with Crippen molar-refractivity contribution in [2.24, 2.45) is 0 Å². The molecule has 4 N–H and O–H groups in total. The molecule has 2 aliphatic heterocycles. The molecule has 10 heteroatoms. The lowest BCUT2D eigenvalue weighted by Gasteiger charge is -2.31. The third-order valence-corrected chi connectivity index (χ3v) is 7.76. The predicted molar refractivity (Wildman–Crippen MR) is 156 cm³/mol. The summed E-state index contributed by atoms with van der Waals surface area (Å²) in [5.74, 6) is -0.474. The van der Waals surface area contributed by atoms with Gasteiger partial charge in [0, 0.05) is 53.5 Å². The van der Waals surface area contributed by atoms with Crippen LogP contribution in [-0.4, -0.2) is 61.8 Å². The van der Waals surface area contributed by atoms with Crippen LogP contribution in [0.3, 0.4) is 0 Å². The second-order valence-corrected chi connectivity index (χ2v) is 10.5. The number of hydrogen-bond acceptors (Lipinski definition) is 4. The molecule has 0 saturated carbocycles. The highest BCUT2D eigenvalue weighted by Crippen LogP contribution is 2.37. The number of benzene rings is 2. The summed E-state index contributed by atoms with van der Waals surface area (Å²) >= 11 is 0. The van der Waals surface area contributed by atoms with Crippen LogP contribution >= 0.6 is 0 Å². The Hall–Kier alpha value is -5.12. The third-order valence-electron chi connectivity index (χ3n) is 7.76. The number of carbonyl (C=O) groups is 3. The van der Waals surface area contributed by atoms with E-state index in [9.17, 15) is 19.5 Å². The van der Waals surface area contributed by atoms with Crippen molar-refractivity contribution in [3.63, 3.8) is 0 Å². The summed E-state index contributed by atoms with van der Waals surface area (Å²) in [6.45, 7) is 4.41. The minimum Gasteiger partial charge on any atom is -0.465 e. The van der Waals surface area contributed by atoms with Crippen molar-refractivity contribution in [1.82, 2.24) is 25.0 Å². The number of carbonyl (C=O) groups excluding carboxylic acids is 2. The molecule has 10 nitrogen and oxygen atoms in total. The van der Waals surface area contributed by atoms with Gasteiger partial charge in [-0.15, -0.1) is 0 Å². The number of aromatic nitrogens is 3. The van der Waals surface area contributed by atoms with E-state index in [2.05, 4.69) is 20.7 Å². The smallest absolute Gasteiger partial charge is 0.407 e. The van der Waals surface area contributed by atoms with Gasteiger partial charge >= 0.3 is 6.09 Å². The number of nitrogens with one attached hydrogen (secondary N) is 3. The number of aryl methyl sites for hydroxylation is 1. The monoisotopic (exact) mass is 550 g/mol. The molecule has 208 valence electrons. The topological polar surface area (TPSA) is 132 Å². The number of hydrogen-bond donors (Lipinski definition) is 4. The molecule has 0 unspecified atom stereocenters. The first-order valence-corrected chi connectivity index (χ1v) is 13.5. The van der Waals surface area contributed by atoms with Crippen LogP contribution in [0.15, 0.2) is 60.9 Å². The summed E-state index contributed by atoms with van der Waals surface area (Å²) in [5, 5.41) is 19.8. The Kier molecular flexibility index (Phi) is 6.66. The van der Waals surface area contributed by atoms with Gasteiger partial charge in [-0.2, -0.15) is 5.10 Å². The van der Waals surface area contributed by atoms with E-state index < -0.39 is 6.09 Å². The minimum absolute atomic E-state index is 0.217. The minimum atomic E-state index is -0.977. The summed E-state index contributed by atoms with van der Waals surface area (Å²) in [6, 6.07) is 15.4. The van der Waals surface area contributed by atoms with E-state index in [1.807, 2.05) is 73.3 Å². The Morgan fingerprint density at radius 2 is 1.93 bits per heavy atom. The molecule has 1 atom stereocenters. The normalized spacial score (nSPS) is 17.4. The van der Waals surface area contributed by atoms with E-state index in [1.165, 1.54) is 4.90 Å². The summed E-state index contributed by atoms with van der Waals surface area (Å²) in [6.07, 6.45) is 5.98. The number of H-pyrrole nitrogens is 1. The maximum Gasteiger partial charge on any atom is 0.407 e. The molecule has 2 aliphatic rings. The van der Waals surface area contributed by atoms with E-state index in [1.54, 1.807) is 12.3 Å². The number of para-hydroxylation sites is 1. The molecule has 0 radical (unpaired) electrons. The number of nitrogens with zero attached hydrogens (tertiary/aromatic N) is 3. The SMILES string of the molecule is Cc1[nH]c(C=C2C(=O)Nc3ccc(-c4cnn(-c5ccccc5)c4)cc32)c(C)c1C(=O)N[C@H]1CCCN(C(=O)O)C1. The summed E-state index contributed by atoms with van der Waals surface area (Å²) in [7, 11) is 0. The average molecular weight is 551 g/mol. The van der Waals surface area contributed by atoms with Crippen LogP contribution in [-0.2, 0) is 4.79 Å². The zero-order chi connectivity index (χ0) is 28.7. The van der Waals surface area contributed by atoms with Crippen LogP contribution in [0.2, 0.25) is 0 Å². The van der Waals surface area contributed by atoms with Crippen LogP contribution < -0.4 is 10.6 Å². The Bertz CT molecular complexity index is 1700. The van der Waals surface area contributed by atoms with Crippen LogP contribution in [0.25, 0.3) is 28.5 Å². The van der Waals surface area contributed by atoms with Crippen molar-refractivity contribution in [1.29, 1.82) is 0 Å². The number of likely N-dealkylation sites (tertiary alicyclic amines) is 1. The molecule has 2 aromatic carbocycles. The van der Waals surface area contributed by atoms with Gasteiger partial charge in [-0.1, -0.05) is 24.3 Å². The fourth-order valence-electron chi connectivity index (χ4n) is 5.63. The average Bonchev–Trinajstić information content (AvgIpc) is 3.65. The van der Waals surface area contributed by atoms with Crippen molar-refractivity contribution in [2.75, 3.05) is 18.4 Å². The molecular weight excluding hydrogens is 520 g/mol. The maximum absolute atomic E-state index is 13.2. The maximum atomic E-state index is 13.2. The Balaban J connectivity index is 1.27. The standard InChI is InChI=1S/C31H30N6O4/c1-18-27(33-19(2)28(18)30(39)34-22-7-6-12-36(17-22)31(40)41)14-25-24-13-20(10-11-26(24)35-29(25)38)21-15-32-37(16-21)23-8-4-3-5-9-23/h3-5,8-11,13-16,22,33H,6-7,12,17H2,1-2H3,(H,34,39)(H,35,38)(H,40,41)/t22-/m0/s1. The second-order valence-electron chi connectivity index (χ2n) is 10.5. The Morgan fingerprint density at radius 1 is 1.12 bits per heavy atom. The molecule has 0 aliphatic carbocycles. The van der Waals surface area contributed by atoms with Gasteiger partial charge in [0.25, 0.3) is 11.8 Å². The van der Waals surface area contributed by atoms with Crippen molar-refractivity contribution >= 4 is 35.2 Å². The molecule has 6 rings (SSSR count). The number of aromatic amines is 1. The molecule has 4 aromatic rings. The van der Waals surface area contributed by atoms with Crippen molar-refractivity contribution in [2.45, 2.75) is 32.7 Å². The van der Waals surface area contributed by atoms with Gasteiger partial charge in [0.1, 0.15) is 0 Å². The molecule has 3 amide bonds. The summed E-state index contributed by atoms with van der Waals surface area (Å²) in [5.41, 5.74) is 7.37. The van der Waals surface area contributed by atoms with E-state index in [0.717, 1.165) is 40.0 Å². The number of fused-ring (bicyclic) bond motifs is 1. The summed E-state index contributed by atoms with van der Waals surface area (Å²) < 4.78 is 1.81. The first-order valence-electron chi connectivity index (χ1n) is 13.5. The number of amides is 3. The molecule has 41 heavy (non-hydrogen) atoms. The first kappa shape index (κ1) is 26.1. The molecule has 0 bridgehead atoms. The van der Waals surface area contributed by atoms with Gasteiger partial charge in [0.2, 0.25) is 0 Å². The fourth-order valence-corrected chi connectivity index (χ4v) is 5.63. The summed E-state index contributed by atoms with van der Waals surface area (Å²) in [4.78, 5) is 42.2. The fraction of sp³-hybridized carbons (Fsp3) is 0.226. The number of piperidine rings is 1. The molecule has 1 fully saturated rings.